The van der Waals surface area contributed by atoms with Gasteiger partial charge in [-0.3, -0.25) is 0 Å². The number of nitrogens with one attached hydrogen (secondary N) is 1. The van der Waals surface area contributed by atoms with Gasteiger partial charge in [0.15, 0.2) is 0 Å². The summed E-state index contributed by atoms with van der Waals surface area (Å²) >= 11 is 0. The summed E-state index contributed by atoms with van der Waals surface area (Å²) in [6, 6.07) is 2.06. The first-order valence-corrected chi connectivity index (χ1v) is 9.78. The number of carbonyl (C=O) groups is 1. The first kappa shape index (κ1) is 19.5. The summed E-state index contributed by atoms with van der Waals surface area (Å²) in [6.45, 7) is 9.35. The molecule has 0 bridgehead atoms. The number of nitrogen functional groups attached to an aromatic ring is 1. The Bertz CT molecular complexity index is 726. The minimum atomic E-state index is -0.496. The maximum Gasteiger partial charge on any atom is 0.407 e. The highest BCUT2D eigenvalue weighted by Gasteiger charge is 2.27. The summed E-state index contributed by atoms with van der Waals surface area (Å²) in [6.07, 6.45) is 6.03. The number of rotatable bonds is 3. The van der Waals surface area contributed by atoms with E-state index in [1.165, 1.54) is 12.0 Å². The van der Waals surface area contributed by atoms with E-state index < -0.39 is 5.60 Å². The standard InChI is InChI=1S/C20H31N5O2/c1-13-5-7-14(8-6-13)16-11-17(24-18(21)23-16)25-10-9-15(12-25)22-19(26)27-20(2,3)4/h7,11,13,15H,5-6,8-10,12H2,1-4H3,(H,22,26)(H2,21,23,24). The number of carbonyl (C=O) groups excluding carboxylic acids is 1. The van der Waals surface area contributed by atoms with E-state index in [1.807, 2.05) is 26.8 Å². The number of ether oxygens (including phenoxy) is 1. The minimum Gasteiger partial charge on any atom is -0.444 e. The van der Waals surface area contributed by atoms with Gasteiger partial charge in [-0.05, 0) is 57.9 Å². The van der Waals surface area contributed by atoms with Crippen molar-refractivity contribution in [2.75, 3.05) is 23.7 Å². The lowest BCUT2D eigenvalue weighted by Crippen LogP contribution is -2.40. The minimum absolute atomic E-state index is 0.0363. The maximum atomic E-state index is 12.0. The van der Waals surface area contributed by atoms with E-state index >= 15 is 0 Å². The molecule has 1 fully saturated rings. The van der Waals surface area contributed by atoms with Gasteiger partial charge < -0.3 is 20.7 Å². The van der Waals surface area contributed by atoms with Gasteiger partial charge in [0.05, 0.1) is 11.7 Å². The fourth-order valence-corrected chi connectivity index (χ4v) is 3.54. The van der Waals surface area contributed by atoms with Gasteiger partial charge in [0.1, 0.15) is 11.4 Å². The Morgan fingerprint density at radius 2 is 2.11 bits per heavy atom. The molecule has 0 spiro atoms. The molecule has 1 aliphatic heterocycles. The van der Waals surface area contributed by atoms with Crippen molar-refractivity contribution in [3.8, 4) is 0 Å². The second-order valence-corrected chi connectivity index (χ2v) is 8.66. The molecular weight excluding hydrogens is 342 g/mol. The third kappa shape index (κ3) is 5.34. The van der Waals surface area contributed by atoms with Crippen LogP contribution in [0.15, 0.2) is 12.1 Å². The molecule has 7 nitrogen and oxygen atoms in total. The zero-order valence-electron chi connectivity index (χ0n) is 16.8. The molecule has 0 saturated carbocycles. The SMILES string of the molecule is CC1CC=C(c2cc(N3CCC(NC(=O)OC(C)(C)C)C3)nc(N)n2)CC1. The molecule has 7 heteroatoms. The van der Waals surface area contributed by atoms with E-state index in [9.17, 15) is 4.79 Å². The number of amides is 1. The van der Waals surface area contributed by atoms with Crippen molar-refractivity contribution < 1.29 is 9.53 Å². The molecule has 2 atom stereocenters. The molecule has 2 aliphatic rings. The Balaban J connectivity index is 1.66. The monoisotopic (exact) mass is 373 g/mol. The first-order chi connectivity index (χ1) is 12.7. The highest BCUT2D eigenvalue weighted by atomic mass is 16.6. The molecule has 1 aliphatic carbocycles. The third-order valence-electron chi connectivity index (χ3n) is 4.97. The van der Waals surface area contributed by atoms with E-state index in [1.54, 1.807) is 0 Å². The molecule has 148 valence electrons. The van der Waals surface area contributed by atoms with Crippen molar-refractivity contribution >= 4 is 23.4 Å². The second kappa shape index (κ2) is 7.74. The van der Waals surface area contributed by atoms with Gasteiger partial charge in [-0.2, -0.15) is 4.98 Å². The Hall–Kier alpha value is -2.31. The zero-order chi connectivity index (χ0) is 19.6. The summed E-state index contributed by atoms with van der Waals surface area (Å²) in [7, 11) is 0. The van der Waals surface area contributed by atoms with Crippen LogP contribution in [0.3, 0.4) is 0 Å². The van der Waals surface area contributed by atoms with Crippen LogP contribution in [0.2, 0.25) is 0 Å². The average Bonchev–Trinajstić information content (AvgIpc) is 3.01. The average molecular weight is 374 g/mol. The van der Waals surface area contributed by atoms with Crippen LogP contribution in [-0.2, 0) is 4.74 Å². The van der Waals surface area contributed by atoms with Gasteiger partial charge in [-0.25, -0.2) is 9.78 Å². The molecule has 0 radical (unpaired) electrons. The van der Waals surface area contributed by atoms with Crippen LogP contribution in [0.4, 0.5) is 16.6 Å². The van der Waals surface area contributed by atoms with Gasteiger partial charge in [0.2, 0.25) is 5.95 Å². The Morgan fingerprint density at radius 3 is 2.78 bits per heavy atom. The van der Waals surface area contributed by atoms with Crippen molar-refractivity contribution in [3.63, 3.8) is 0 Å². The lowest BCUT2D eigenvalue weighted by atomic mass is 9.89. The second-order valence-electron chi connectivity index (χ2n) is 8.66. The van der Waals surface area contributed by atoms with Crippen LogP contribution in [0.1, 0.15) is 59.1 Å². The number of anilines is 2. The van der Waals surface area contributed by atoms with Gasteiger partial charge in [-0.1, -0.05) is 13.0 Å². The molecule has 3 rings (SSSR count). The number of nitrogens with two attached hydrogens (primary N) is 1. The Morgan fingerprint density at radius 1 is 1.33 bits per heavy atom. The molecule has 0 aromatic carbocycles. The molecule has 1 aromatic rings. The van der Waals surface area contributed by atoms with Crippen LogP contribution in [0, 0.1) is 5.92 Å². The fourth-order valence-electron chi connectivity index (χ4n) is 3.54. The molecule has 1 aromatic heterocycles. The van der Waals surface area contributed by atoms with Crippen LogP contribution in [-0.4, -0.2) is 40.8 Å². The number of alkyl carbamates (subject to hydrolysis) is 1. The quantitative estimate of drug-likeness (QED) is 0.844. The zero-order valence-corrected chi connectivity index (χ0v) is 16.8. The van der Waals surface area contributed by atoms with E-state index in [4.69, 9.17) is 10.5 Å². The number of aromatic nitrogens is 2. The summed E-state index contributed by atoms with van der Waals surface area (Å²) < 4.78 is 5.35. The fraction of sp³-hybridized carbons (Fsp3) is 0.650. The van der Waals surface area contributed by atoms with E-state index in [-0.39, 0.29) is 12.1 Å². The first-order valence-electron chi connectivity index (χ1n) is 9.78. The third-order valence-corrected chi connectivity index (χ3v) is 4.97. The van der Waals surface area contributed by atoms with Crippen molar-refractivity contribution in [2.45, 2.75) is 65.0 Å². The number of allylic oxidation sites excluding steroid dienone is 2. The summed E-state index contributed by atoms with van der Waals surface area (Å²) in [4.78, 5) is 23.0. The Labute approximate surface area is 161 Å². The van der Waals surface area contributed by atoms with Crippen molar-refractivity contribution in [3.05, 3.63) is 17.8 Å². The normalized spacial score (nSPS) is 23.1. The topological polar surface area (TPSA) is 93.4 Å². The summed E-state index contributed by atoms with van der Waals surface area (Å²) in [5.41, 5.74) is 7.66. The van der Waals surface area contributed by atoms with E-state index in [2.05, 4.69) is 33.2 Å². The molecule has 2 unspecified atom stereocenters. The highest BCUT2D eigenvalue weighted by molar-refractivity contribution is 5.69. The largest absolute Gasteiger partial charge is 0.444 e. The predicted molar refractivity (Wildman–Crippen MR) is 107 cm³/mol. The van der Waals surface area contributed by atoms with Crippen molar-refractivity contribution in [2.24, 2.45) is 5.92 Å². The smallest absolute Gasteiger partial charge is 0.407 e. The van der Waals surface area contributed by atoms with Crippen molar-refractivity contribution in [1.29, 1.82) is 0 Å². The lowest BCUT2D eigenvalue weighted by molar-refractivity contribution is 0.0509. The number of hydrogen-bond donors (Lipinski definition) is 2. The summed E-state index contributed by atoms with van der Waals surface area (Å²) in [5.74, 6) is 1.85. The number of hydrogen-bond acceptors (Lipinski definition) is 6. The Kier molecular flexibility index (Phi) is 5.58. The van der Waals surface area contributed by atoms with Gasteiger partial charge in [-0.15, -0.1) is 0 Å². The molecule has 1 saturated heterocycles. The van der Waals surface area contributed by atoms with Crippen LogP contribution < -0.4 is 16.0 Å². The van der Waals surface area contributed by atoms with E-state index in [0.717, 1.165) is 43.2 Å². The van der Waals surface area contributed by atoms with Crippen LogP contribution >= 0.6 is 0 Å². The maximum absolute atomic E-state index is 12.0. The van der Waals surface area contributed by atoms with Crippen LogP contribution in [0.25, 0.3) is 5.57 Å². The van der Waals surface area contributed by atoms with E-state index in [0.29, 0.717) is 12.5 Å². The van der Waals surface area contributed by atoms with Gasteiger partial charge >= 0.3 is 6.09 Å². The molecule has 27 heavy (non-hydrogen) atoms. The molecule has 3 N–H and O–H groups in total. The van der Waals surface area contributed by atoms with Crippen LogP contribution in [0.5, 0.6) is 0 Å². The molecular formula is C20H31N5O2. The number of nitrogens with zero attached hydrogens (tertiary/aromatic N) is 3. The van der Waals surface area contributed by atoms with Crippen molar-refractivity contribution in [1.82, 2.24) is 15.3 Å². The highest BCUT2D eigenvalue weighted by Crippen LogP contribution is 2.31. The summed E-state index contributed by atoms with van der Waals surface area (Å²) in [5, 5.41) is 2.94. The molecule has 1 amide bonds. The van der Waals surface area contributed by atoms with Gasteiger partial charge in [0.25, 0.3) is 0 Å². The molecule has 2 heterocycles. The van der Waals surface area contributed by atoms with Gasteiger partial charge in [0, 0.05) is 19.2 Å². The lowest BCUT2D eigenvalue weighted by Gasteiger charge is -2.23. The predicted octanol–water partition coefficient (Wildman–Crippen LogP) is 3.37.